The van der Waals surface area contributed by atoms with E-state index in [1.807, 2.05) is 6.92 Å². The maximum Gasteiger partial charge on any atom is 0.416 e. The van der Waals surface area contributed by atoms with Gasteiger partial charge in [0.05, 0.1) is 22.1 Å². The third-order valence-electron chi connectivity index (χ3n) is 2.98. The van der Waals surface area contributed by atoms with Gasteiger partial charge in [-0.25, -0.2) is 9.89 Å². The first-order chi connectivity index (χ1) is 10.3. The Labute approximate surface area is 126 Å². The summed E-state index contributed by atoms with van der Waals surface area (Å²) >= 11 is 0. The van der Waals surface area contributed by atoms with Crippen molar-refractivity contribution >= 4 is 10.8 Å². The molecule has 120 valence electrons. The molecule has 0 fully saturated rings. The molecule has 1 aromatic carbocycles. The third-order valence-corrected chi connectivity index (χ3v) is 4.28. The van der Waals surface area contributed by atoms with Crippen LogP contribution in [0.4, 0.5) is 13.2 Å². The number of aromatic amines is 1. The molecule has 1 N–H and O–H groups in total. The molecule has 0 radical (unpaired) electrons. The number of rotatable bonds is 5. The fourth-order valence-corrected chi connectivity index (χ4v) is 3.26. The molecule has 0 bridgehead atoms. The first-order valence-corrected chi connectivity index (χ1v) is 7.85. The molecule has 5 nitrogen and oxygen atoms in total. The fraction of sp³-hybridized carbons (Fsp3) is 0.385. The summed E-state index contributed by atoms with van der Waals surface area (Å²) in [4.78, 5) is 11.5. The molecule has 0 saturated carbocycles. The van der Waals surface area contributed by atoms with Gasteiger partial charge in [-0.3, -0.25) is 8.78 Å². The van der Waals surface area contributed by atoms with Crippen molar-refractivity contribution in [3.8, 4) is 0 Å². The van der Waals surface area contributed by atoms with E-state index in [0.29, 0.717) is 13.0 Å². The zero-order valence-corrected chi connectivity index (χ0v) is 12.5. The van der Waals surface area contributed by atoms with Crippen molar-refractivity contribution in [2.45, 2.75) is 37.0 Å². The van der Waals surface area contributed by atoms with E-state index >= 15 is 0 Å². The minimum absolute atomic E-state index is 0.0381. The molecule has 0 aliphatic rings. The zero-order valence-electron chi connectivity index (χ0n) is 11.7. The van der Waals surface area contributed by atoms with Gasteiger partial charge in [0.2, 0.25) is 5.16 Å². The van der Waals surface area contributed by atoms with E-state index in [4.69, 9.17) is 0 Å². The SMILES string of the molecule is CCCn1c([S@](=O)Cc2ccccc2C(F)(F)F)n[nH]c1=O. The Morgan fingerprint density at radius 1 is 1.32 bits per heavy atom. The largest absolute Gasteiger partial charge is 0.416 e. The molecule has 22 heavy (non-hydrogen) atoms. The number of benzene rings is 1. The van der Waals surface area contributed by atoms with Crippen LogP contribution in [0.3, 0.4) is 0 Å². The topological polar surface area (TPSA) is 67.8 Å². The number of H-pyrrole nitrogens is 1. The summed E-state index contributed by atoms with van der Waals surface area (Å²) in [6.07, 6.45) is -3.90. The number of halogens is 3. The van der Waals surface area contributed by atoms with Crippen molar-refractivity contribution in [3.63, 3.8) is 0 Å². The van der Waals surface area contributed by atoms with Crippen molar-refractivity contribution in [2.24, 2.45) is 0 Å². The van der Waals surface area contributed by atoms with Gasteiger partial charge in [0.1, 0.15) is 0 Å². The highest BCUT2D eigenvalue weighted by atomic mass is 32.2. The number of aromatic nitrogens is 3. The molecular formula is C13H14F3N3O2S. The molecule has 1 aromatic heterocycles. The van der Waals surface area contributed by atoms with E-state index in [2.05, 4.69) is 10.2 Å². The van der Waals surface area contributed by atoms with Gasteiger partial charge in [-0.1, -0.05) is 25.1 Å². The van der Waals surface area contributed by atoms with Gasteiger partial charge in [0, 0.05) is 6.54 Å². The quantitative estimate of drug-likeness (QED) is 0.913. The van der Waals surface area contributed by atoms with Crippen molar-refractivity contribution in [1.29, 1.82) is 0 Å². The molecular weight excluding hydrogens is 319 g/mol. The number of hydrogen-bond donors (Lipinski definition) is 1. The summed E-state index contributed by atoms with van der Waals surface area (Å²) in [5.74, 6) is -0.357. The Hall–Kier alpha value is -1.90. The normalized spacial score (nSPS) is 13.3. The van der Waals surface area contributed by atoms with Crippen molar-refractivity contribution in [2.75, 3.05) is 0 Å². The average Bonchev–Trinajstić information content (AvgIpc) is 2.80. The van der Waals surface area contributed by atoms with Crippen LogP contribution < -0.4 is 5.69 Å². The second kappa shape index (κ2) is 6.47. The summed E-state index contributed by atoms with van der Waals surface area (Å²) in [5, 5.41) is 5.80. The Morgan fingerprint density at radius 3 is 2.64 bits per heavy atom. The van der Waals surface area contributed by atoms with Crippen LogP contribution in [0.5, 0.6) is 0 Å². The van der Waals surface area contributed by atoms with Crippen molar-refractivity contribution in [3.05, 3.63) is 45.9 Å². The van der Waals surface area contributed by atoms with E-state index in [-0.39, 0.29) is 16.5 Å². The van der Waals surface area contributed by atoms with Crippen molar-refractivity contribution in [1.82, 2.24) is 14.8 Å². The van der Waals surface area contributed by atoms with Crippen LogP contribution in [0.1, 0.15) is 24.5 Å². The van der Waals surface area contributed by atoms with Crippen LogP contribution in [0.2, 0.25) is 0 Å². The van der Waals surface area contributed by atoms with Gasteiger partial charge in [-0.15, -0.1) is 5.10 Å². The Balaban J connectivity index is 2.33. The van der Waals surface area contributed by atoms with Gasteiger partial charge in [-0.2, -0.15) is 13.2 Å². The first kappa shape index (κ1) is 16.5. The smallest absolute Gasteiger partial charge is 0.268 e. The lowest BCUT2D eigenvalue weighted by atomic mass is 10.1. The molecule has 0 amide bonds. The molecule has 1 atom stereocenters. The summed E-state index contributed by atoms with van der Waals surface area (Å²) in [7, 11) is -1.85. The molecule has 2 aromatic rings. The zero-order chi connectivity index (χ0) is 16.3. The van der Waals surface area contributed by atoms with Crippen LogP contribution in [0.15, 0.2) is 34.2 Å². The number of hydrogen-bond acceptors (Lipinski definition) is 3. The monoisotopic (exact) mass is 333 g/mol. The van der Waals surface area contributed by atoms with Crippen LogP contribution in [-0.2, 0) is 29.3 Å². The lowest BCUT2D eigenvalue weighted by molar-refractivity contribution is -0.138. The summed E-state index contributed by atoms with van der Waals surface area (Å²) in [6, 6.07) is 4.94. The van der Waals surface area contributed by atoms with E-state index in [0.717, 1.165) is 6.07 Å². The second-order valence-corrected chi connectivity index (χ2v) is 5.95. The lowest BCUT2D eigenvalue weighted by Gasteiger charge is -2.12. The van der Waals surface area contributed by atoms with Gasteiger partial charge >= 0.3 is 11.9 Å². The summed E-state index contributed by atoms with van der Waals surface area (Å²) in [6.45, 7) is 2.13. The van der Waals surface area contributed by atoms with Gasteiger partial charge in [0.25, 0.3) is 0 Å². The van der Waals surface area contributed by atoms with Crippen LogP contribution in [-0.4, -0.2) is 19.0 Å². The second-order valence-electron chi connectivity index (χ2n) is 4.61. The third kappa shape index (κ3) is 3.46. The molecule has 0 aliphatic heterocycles. The maximum atomic E-state index is 12.9. The highest BCUT2D eigenvalue weighted by Gasteiger charge is 2.33. The average molecular weight is 333 g/mol. The van der Waals surface area contributed by atoms with Gasteiger partial charge in [-0.05, 0) is 18.1 Å². The minimum atomic E-state index is -4.52. The molecule has 0 spiro atoms. The molecule has 9 heteroatoms. The Kier molecular flexibility index (Phi) is 4.84. The lowest BCUT2D eigenvalue weighted by Crippen LogP contribution is -2.20. The standard InChI is InChI=1S/C13H14F3N3O2S/c1-2-7-19-11(20)17-18-12(19)22(21)8-9-5-3-4-6-10(9)13(14,15)16/h3-6H,2,7-8H2,1H3,(H,17,20)/t22-/m1/s1. The van der Waals surface area contributed by atoms with Crippen LogP contribution in [0, 0.1) is 0 Å². The molecule has 0 unspecified atom stereocenters. The van der Waals surface area contributed by atoms with E-state index in [1.165, 1.54) is 22.8 Å². The fourth-order valence-electron chi connectivity index (χ4n) is 2.03. The number of nitrogens with zero attached hydrogens (tertiary/aromatic N) is 2. The van der Waals surface area contributed by atoms with E-state index in [9.17, 15) is 22.2 Å². The molecule has 1 heterocycles. The van der Waals surface area contributed by atoms with Crippen molar-refractivity contribution < 1.29 is 17.4 Å². The highest BCUT2D eigenvalue weighted by molar-refractivity contribution is 7.84. The first-order valence-electron chi connectivity index (χ1n) is 6.53. The molecule has 0 saturated heterocycles. The predicted octanol–water partition coefficient (Wildman–Crippen LogP) is 2.31. The number of alkyl halides is 3. The molecule has 2 rings (SSSR count). The van der Waals surface area contributed by atoms with Crippen LogP contribution in [0.25, 0.3) is 0 Å². The maximum absolute atomic E-state index is 12.9. The Morgan fingerprint density at radius 2 is 2.00 bits per heavy atom. The van der Waals surface area contributed by atoms with Gasteiger partial charge < -0.3 is 0 Å². The van der Waals surface area contributed by atoms with E-state index < -0.39 is 28.2 Å². The highest BCUT2D eigenvalue weighted by Crippen LogP contribution is 2.32. The summed E-state index contributed by atoms with van der Waals surface area (Å²) < 4.78 is 52.3. The van der Waals surface area contributed by atoms with E-state index in [1.54, 1.807) is 0 Å². The Bertz CT molecular complexity index is 737. The van der Waals surface area contributed by atoms with Gasteiger partial charge in [0.15, 0.2) is 0 Å². The summed E-state index contributed by atoms with van der Waals surface area (Å²) in [5.41, 5.74) is -1.44. The number of nitrogens with one attached hydrogen (secondary N) is 1. The predicted molar refractivity (Wildman–Crippen MR) is 74.7 cm³/mol. The minimum Gasteiger partial charge on any atom is -0.268 e. The molecule has 0 aliphatic carbocycles. The van der Waals surface area contributed by atoms with Crippen LogP contribution >= 0.6 is 0 Å².